The van der Waals surface area contributed by atoms with E-state index in [2.05, 4.69) is 16.5 Å². The maximum absolute atomic E-state index is 10.2. The van der Waals surface area contributed by atoms with Gasteiger partial charge in [-0.2, -0.15) is 5.26 Å². The zero-order valence-electron chi connectivity index (χ0n) is 6.71. The first-order chi connectivity index (χ1) is 5.31. The zero-order valence-corrected chi connectivity index (χ0v) is 6.71. The van der Waals surface area contributed by atoms with Gasteiger partial charge in [0.1, 0.15) is 0 Å². The van der Waals surface area contributed by atoms with Crippen LogP contribution in [0.4, 0.5) is 4.79 Å². The molecule has 0 atom stereocenters. The number of unbranched alkanes of at least 4 members (excludes halogenated alkanes) is 3. The van der Waals surface area contributed by atoms with Crippen LogP contribution in [0.5, 0.6) is 0 Å². The molecule has 0 aliphatic carbocycles. The van der Waals surface area contributed by atoms with Crippen LogP contribution in [0.2, 0.25) is 0 Å². The molecule has 66 valence electrons. The third kappa shape index (κ3) is 7.12. The van der Waals surface area contributed by atoms with E-state index in [9.17, 15) is 4.79 Å². The van der Waals surface area contributed by atoms with Gasteiger partial charge in [0.2, 0.25) is 0 Å². The van der Waals surface area contributed by atoms with E-state index < -0.39 is 6.16 Å². The smallest absolute Gasteiger partial charge is 0.432 e. The lowest BCUT2D eigenvalue weighted by Gasteiger charge is -1.99. The zero-order chi connectivity index (χ0) is 8.53. The molecule has 0 saturated heterocycles. The molecule has 0 saturated carbocycles. The second-order valence-corrected chi connectivity index (χ2v) is 2.25. The second kappa shape index (κ2) is 7.34. The minimum Gasteiger partial charge on any atom is -0.432 e. The topological polar surface area (TPSA) is 55.8 Å². The maximum Gasteiger partial charge on any atom is 0.540 e. The monoisotopic (exact) mass is 162 g/mol. The van der Waals surface area contributed by atoms with Crippen molar-refractivity contribution in [3.8, 4) is 0 Å². The van der Waals surface area contributed by atoms with E-state index in [1.54, 1.807) is 0 Å². The fourth-order valence-corrected chi connectivity index (χ4v) is 0.711. The van der Waals surface area contributed by atoms with E-state index in [1.165, 1.54) is 0 Å². The van der Waals surface area contributed by atoms with Gasteiger partial charge in [0, 0.05) is 0 Å². The van der Waals surface area contributed by atoms with Crippen LogP contribution in [0.25, 0.3) is 0 Å². The summed E-state index contributed by atoms with van der Waals surface area (Å²) in [5, 5.41) is 7.76. The van der Waals surface area contributed by atoms with Crippen molar-refractivity contribution in [1.29, 1.82) is 0 Å². The lowest BCUT2D eigenvalue weighted by atomic mass is 10.2. The van der Waals surface area contributed by atoms with E-state index >= 15 is 0 Å². The summed E-state index contributed by atoms with van der Waals surface area (Å²) in [6.45, 7) is 2.42. The molecule has 0 aliphatic rings. The number of hydrogen-bond acceptors (Lipinski definition) is 4. The third-order valence-corrected chi connectivity index (χ3v) is 1.29. The van der Waals surface area contributed by atoms with Crippen molar-refractivity contribution in [3.05, 3.63) is 0 Å². The Kier molecular flexibility index (Phi) is 6.82. The van der Waals surface area contributed by atoms with Crippen molar-refractivity contribution < 1.29 is 19.7 Å². The predicted molar refractivity (Wildman–Crippen MR) is 39.2 cm³/mol. The van der Waals surface area contributed by atoms with Gasteiger partial charge in [-0.05, 0) is 6.42 Å². The molecule has 0 aliphatic heterocycles. The van der Waals surface area contributed by atoms with Crippen LogP contribution in [0.1, 0.15) is 32.6 Å². The molecule has 0 bridgehead atoms. The molecule has 11 heavy (non-hydrogen) atoms. The highest BCUT2D eigenvalue weighted by Gasteiger charge is 1.99. The SMILES string of the molecule is CCCCCCOC(=O)OO. The summed E-state index contributed by atoms with van der Waals surface area (Å²) in [4.78, 5) is 13.4. The summed E-state index contributed by atoms with van der Waals surface area (Å²) in [7, 11) is 0. The normalized spacial score (nSPS) is 9.27. The summed E-state index contributed by atoms with van der Waals surface area (Å²) in [6, 6.07) is 0. The average Bonchev–Trinajstić information content (AvgIpc) is 2.04. The summed E-state index contributed by atoms with van der Waals surface area (Å²) < 4.78 is 4.43. The molecule has 0 heterocycles. The van der Waals surface area contributed by atoms with Crippen LogP contribution in [-0.2, 0) is 9.62 Å². The van der Waals surface area contributed by atoms with Gasteiger partial charge >= 0.3 is 6.16 Å². The molecule has 0 aromatic rings. The first-order valence-electron chi connectivity index (χ1n) is 3.79. The van der Waals surface area contributed by atoms with Crippen LogP contribution in [-0.4, -0.2) is 18.0 Å². The third-order valence-electron chi connectivity index (χ3n) is 1.29. The average molecular weight is 162 g/mol. The minimum atomic E-state index is -1.03. The first kappa shape index (κ1) is 10.2. The van der Waals surface area contributed by atoms with Gasteiger partial charge in [0.05, 0.1) is 6.61 Å². The summed E-state index contributed by atoms with van der Waals surface area (Å²) >= 11 is 0. The van der Waals surface area contributed by atoms with E-state index in [-0.39, 0.29) is 0 Å². The number of rotatable bonds is 5. The Labute approximate surface area is 66.0 Å². The van der Waals surface area contributed by atoms with Crippen LogP contribution in [0.15, 0.2) is 0 Å². The number of ether oxygens (including phenoxy) is 1. The Balaban J connectivity index is 2.95. The highest BCUT2D eigenvalue weighted by atomic mass is 17.1. The van der Waals surface area contributed by atoms with Gasteiger partial charge in [-0.25, -0.2) is 4.79 Å². The second-order valence-electron chi connectivity index (χ2n) is 2.25. The Morgan fingerprint density at radius 1 is 1.36 bits per heavy atom. The largest absolute Gasteiger partial charge is 0.540 e. The van der Waals surface area contributed by atoms with Crippen molar-refractivity contribution in [1.82, 2.24) is 0 Å². The highest BCUT2D eigenvalue weighted by molar-refractivity contribution is 5.58. The van der Waals surface area contributed by atoms with Crippen molar-refractivity contribution in [2.75, 3.05) is 6.61 Å². The van der Waals surface area contributed by atoms with E-state index in [0.717, 1.165) is 25.7 Å². The lowest BCUT2D eigenvalue weighted by Crippen LogP contribution is -2.05. The highest BCUT2D eigenvalue weighted by Crippen LogP contribution is 1.98. The number of carbonyl (C=O) groups is 1. The van der Waals surface area contributed by atoms with Crippen molar-refractivity contribution in [2.24, 2.45) is 0 Å². The molecule has 0 aromatic heterocycles. The molecular weight excluding hydrogens is 148 g/mol. The standard InChI is InChI=1S/C7H14O4/c1-2-3-4-5-6-10-7(8)11-9/h9H,2-6H2,1H3. The van der Waals surface area contributed by atoms with Crippen molar-refractivity contribution in [3.63, 3.8) is 0 Å². The Morgan fingerprint density at radius 3 is 2.64 bits per heavy atom. The number of carbonyl (C=O) groups excluding carboxylic acids is 1. The Hall–Kier alpha value is -0.770. The van der Waals surface area contributed by atoms with Crippen LogP contribution in [0.3, 0.4) is 0 Å². The molecule has 0 radical (unpaired) electrons. The Bertz CT molecular complexity index is 103. The molecule has 0 amide bonds. The fraction of sp³-hybridized carbons (Fsp3) is 0.857. The molecule has 4 nitrogen and oxygen atoms in total. The molecule has 0 spiro atoms. The minimum absolute atomic E-state index is 0.319. The van der Waals surface area contributed by atoms with Gasteiger partial charge in [0.15, 0.2) is 0 Å². The van der Waals surface area contributed by atoms with Crippen molar-refractivity contribution >= 4 is 6.16 Å². The first-order valence-corrected chi connectivity index (χ1v) is 3.79. The quantitative estimate of drug-likeness (QED) is 0.291. The summed E-state index contributed by atoms with van der Waals surface area (Å²) in [6.07, 6.45) is 3.11. The molecule has 0 aromatic carbocycles. The van der Waals surface area contributed by atoms with Crippen LogP contribution in [0, 0.1) is 0 Å². The molecule has 0 rings (SSSR count). The van der Waals surface area contributed by atoms with Gasteiger partial charge in [-0.1, -0.05) is 26.2 Å². The van der Waals surface area contributed by atoms with E-state index in [4.69, 9.17) is 5.26 Å². The molecule has 0 unspecified atom stereocenters. The fourth-order valence-electron chi connectivity index (χ4n) is 0.711. The van der Waals surface area contributed by atoms with Gasteiger partial charge in [-0.15, -0.1) is 0 Å². The summed E-state index contributed by atoms with van der Waals surface area (Å²) in [5.74, 6) is 0. The van der Waals surface area contributed by atoms with Crippen LogP contribution < -0.4 is 0 Å². The predicted octanol–water partition coefficient (Wildman–Crippen LogP) is 2.19. The molecule has 1 N–H and O–H groups in total. The van der Waals surface area contributed by atoms with Crippen LogP contribution >= 0.6 is 0 Å². The Morgan fingerprint density at radius 2 is 2.09 bits per heavy atom. The molecule has 0 fully saturated rings. The van der Waals surface area contributed by atoms with E-state index in [1.807, 2.05) is 0 Å². The van der Waals surface area contributed by atoms with E-state index in [0.29, 0.717) is 6.61 Å². The lowest BCUT2D eigenvalue weighted by molar-refractivity contribution is -0.200. The van der Waals surface area contributed by atoms with Gasteiger partial charge < -0.3 is 4.74 Å². The van der Waals surface area contributed by atoms with Gasteiger partial charge in [-0.3, -0.25) is 4.89 Å². The molecule has 4 heteroatoms. The maximum atomic E-state index is 10.2. The van der Waals surface area contributed by atoms with Crippen molar-refractivity contribution in [2.45, 2.75) is 32.6 Å². The number of hydrogen-bond donors (Lipinski definition) is 1. The molecular formula is C7H14O4. The summed E-state index contributed by atoms with van der Waals surface area (Å²) in [5.41, 5.74) is 0. The van der Waals surface area contributed by atoms with Gasteiger partial charge in [0.25, 0.3) is 0 Å².